The Balaban J connectivity index is 2.35. The molecule has 0 saturated carbocycles. The summed E-state index contributed by atoms with van der Waals surface area (Å²) >= 11 is 0. The molecule has 0 aromatic heterocycles. The third-order valence-electron chi connectivity index (χ3n) is 1.70. The van der Waals surface area contributed by atoms with Gasteiger partial charge in [-0.1, -0.05) is 0 Å². The van der Waals surface area contributed by atoms with Crippen molar-refractivity contribution in [1.82, 2.24) is 0 Å². The van der Waals surface area contributed by atoms with Gasteiger partial charge in [-0.2, -0.15) is 0 Å². The number of carbonyl (C=O) groups is 1. The van der Waals surface area contributed by atoms with Gasteiger partial charge < -0.3 is 9.47 Å². The second-order valence-corrected chi connectivity index (χ2v) is 2.48. The SMILES string of the molecule is COC1CCC(C(C)=O)O1. The molecule has 1 aliphatic rings. The van der Waals surface area contributed by atoms with Gasteiger partial charge in [0.05, 0.1) is 0 Å². The lowest BCUT2D eigenvalue weighted by Crippen LogP contribution is -2.18. The Kier molecular flexibility index (Phi) is 2.40. The molecule has 1 rings (SSSR count). The predicted molar refractivity (Wildman–Crippen MR) is 35.6 cm³/mol. The molecular weight excluding hydrogens is 132 g/mol. The summed E-state index contributed by atoms with van der Waals surface area (Å²) in [7, 11) is 1.59. The van der Waals surface area contributed by atoms with E-state index in [0.29, 0.717) is 0 Å². The quantitative estimate of drug-likeness (QED) is 0.573. The van der Waals surface area contributed by atoms with Gasteiger partial charge in [0.1, 0.15) is 6.10 Å². The normalized spacial score (nSPS) is 32.6. The van der Waals surface area contributed by atoms with Gasteiger partial charge in [-0.05, 0) is 13.3 Å². The Bertz CT molecular complexity index is 133. The summed E-state index contributed by atoms with van der Waals surface area (Å²) in [6, 6.07) is 0. The Morgan fingerprint density at radius 1 is 1.60 bits per heavy atom. The second-order valence-electron chi connectivity index (χ2n) is 2.48. The zero-order valence-electron chi connectivity index (χ0n) is 6.29. The van der Waals surface area contributed by atoms with Crippen molar-refractivity contribution in [2.24, 2.45) is 0 Å². The van der Waals surface area contributed by atoms with E-state index < -0.39 is 0 Å². The average Bonchev–Trinajstić information content (AvgIpc) is 2.34. The minimum Gasteiger partial charge on any atom is -0.356 e. The Morgan fingerprint density at radius 3 is 2.60 bits per heavy atom. The van der Waals surface area contributed by atoms with Gasteiger partial charge >= 0.3 is 0 Å². The lowest BCUT2D eigenvalue weighted by Gasteiger charge is -2.08. The first kappa shape index (κ1) is 7.69. The lowest BCUT2D eigenvalue weighted by molar-refractivity contribution is -0.144. The fourth-order valence-electron chi connectivity index (χ4n) is 1.08. The lowest BCUT2D eigenvalue weighted by atomic mass is 10.2. The van der Waals surface area contributed by atoms with Gasteiger partial charge in [-0.15, -0.1) is 0 Å². The van der Waals surface area contributed by atoms with E-state index in [1.54, 1.807) is 14.0 Å². The van der Waals surface area contributed by atoms with Crippen molar-refractivity contribution < 1.29 is 14.3 Å². The molecule has 3 heteroatoms. The summed E-state index contributed by atoms with van der Waals surface area (Å²) in [6.45, 7) is 1.54. The molecule has 0 aliphatic carbocycles. The molecule has 1 fully saturated rings. The van der Waals surface area contributed by atoms with Crippen molar-refractivity contribution in [1.29, 1.82) is 0 Å². The molecule has 58 valence electrons. The third-order valence-corrected chi connectivity index (χ3v) is 1.70. The highest BCUT2D eigenvalue weighted by Gasteiger charge is 2.27. The maximum Gasteiger partial charge on any atom is 0.158 e. The molecule has 0 bridgehead atoms. The first-order chi connectivity index (χ1) is 4.74. The Labute approximate surface area is 60.3 Å². The minimum atomic E-state index is -0.218. The molecule has 1 saturated heterocycles. The molecule has 10 heavy (non-hydrogen) atoms. The zero-order chi connectivity index (χ0) is 7.56. The van der Waals surface area contributed by atoms with E-state index in [4.69, 9.17) is 9.47 Å². The molecule has 0 aromatic rings. The number of methoxy groups -OCH3 is 1. The molecule has 0 N–H and O–H groups in total. The van der Waals surface area contributed by atoms with Crippen LogP contribution in [-0.4, -0.2) is 25.3 Å². The highest BCUT2D eigenvalue weighted by molar-refractivity contribution is 5.80. The highest BCUT2D eigenvalue weighted by Crippen LogP contribution is 2.20. The number of ether oxygens (including phenoxy) is 2. The highest BCUT2D eigenvalue weighted by atomic mass is 16.7. The van der Waals surface area contributed by atoms with Gasteiger partial charge in [-0.3, -0.25) is 4.79 Å². The molecule has 3 nitrogen and oxygen atoms in total. The molecule has 2 unspecified atom stereocenters. The predicted octanol–water partition coefficient (Wildman–Crippen LogP) is 0.727. The maximum absolute atomic E-state index is 10.7. The number of hydrogen-bond acceptors (Lipinski definition) is 3. The average molecular weight is 144 g/mol. The van der Waals surface area contributed by atoms with Gasteiger partial charge in [0.2, 0.25) is 0 Å². The zero-order valence-corrected chi connectivity index (χ0v) is 6.29. The fourth-order valence-corrected chi connectivity index (χ4v) is 1.08. The number of rotatable bonds is 2. The van der Waals surface area contributed by atoms with E-state index >= 15 is 0 Å². The molecule has 1 heterocycles. The van der Waals surface area contributed by atoms with Crippen LogP contribution in [0.15, 0.2) is 0 Å². The Morgan fingerprint density at radius 2 is 2.30 bits per heavy atom. The summed E-state index contributed by atoms with van der Waals surface area (Å²) in [6.07, 6.45) is 1.26. The fraction of sp³-hybridized carbons (Fsp3) is 0.857. The number of carbonyl (C=O) groups excluding carboxylic acids is 1. The van der Waals surface area contributed by atoms with Crippen LogP contribution in [0.25, 0.3) is 0 Å². The monoisotopic (exact) mass is 144 g/mol. The summed E-state index contributed by atoms with van der Waals surface area (Å²) in [4.78, 5) is 10.7. The van der Waals surface area contributed by atoms with E-state index in [1.807, 2.05) is 0 Å². The first-order valence-electron chi connectivity index (χ1n) is 3.42. The van der Waals surface area contributed by atoms with Crippen LogP contribution in [-0.2, 0) is 14.3 Å². The minimum absolute atomic E-state index is 0.0968. The van der Waals surface area contributed by atoms with Gasteiger partial charge in [0.15, 0.2) is 12.1 Å². The standard InChI is InChI=1S/C7H12O3/c1-5(8)6-3-4-7(9-2)10-6/h6-7H,3-4H2,1-2H3. The summed E-state index contributed by atoms with van der Waals surface area (Å²) in [5.74, 6) is 0.0968. The number of hydrogen-bond donors (Lipinski definition) is 0. The van der Waals surface area contributed by atoms with Crippen molar-refractivity contribution in [3.8, 4) is 0 Å². The molecule has 0 spiro atoms. The summed E-state index contributed by atoms with van der Waals surface area (Å²) in [5, 5.41) is 0. The number of Topliss-reactive ketones (excluding diaryl/α,β-unsaturated/α-hetero) is 1. The van der Waals surface area contributed by atoms with Crippen molar-refractivity contribution >= 4 is 5.78 Å². The molecule has 1 aliphatic heterocycles. The van der Waals surface area contributed by atoms with E-state index in [0.717, 1.165) is 12.8 Å². The smallest absolute Gasteiger partial charge is 0.158 e. The molecule has 0 aromatic carbocycles. The van der Waals surface area contributed by atoms with Crippen molar-refractivity contribution in [3.63, 3.8) is 0 Å². The second kappa shape index (κ2) is 3.12. The van der Waals surface area contributed by atoms with E-state index in [2.05, 4.69) is 0 Å². The van der Waals surface area contributed by atoms with Gasteiger partial charge in [-0.25, -0.2) is 0 Å². The van der Waals surface area contributed by atoms with Crippen LogP contribution >= 0.6 is 0 Å². The third kappa shape index (κ3) is 1.55. The van der Waals surface area contributed by atoms with E-state index in [-0.39, 0.29) is 18.2 Å². The van der Waals surface area contributed by atoms with E-state index in [1.165, 1.54) is 0 Å². The first-order valence-corrected chi connectivity index (χ1v) is 3.42. The number of ketones is 1. The van der Waals surface area contributed by atoms with Crippen LogP contribution in [0, 0.1) is 0 Å². The molecule has 0 radical (unpaired) electrons. The largest absolute Gasteiger partial charge is 0.356 e. The van der Waals surface area contributed by atoms with Crippen LogP contribution in [0.3, 0.4) is 0 Å². The van der Waals surface area contributed by atoms with Crippen LogP contribution < -0.4 is 0 Å². The van der Waals surface area contributed by atoms with E-state index in [9.17, 15) is 4.79 Å². The van der Waals surface area contributed by atoms with Gasteiger partial charge in [0.25, 0.3) is 0 Å². The van der Waals surface area contributed by atoms with Crippen LogP contribution in [0.5, 0.6) is 0 Å². The van der Waals surface area contributed by atoms with Gasteiger partial charge in [0, 0.05) is 13.5 Å². The van der Waals surface area contributed by atoms with Crippen molar-refractivity contribution in [2.75, 3.05) is 7.11 Å². The van der Waals surface area contributed by atoms with Crippen molar-refractivity contribution in [2.45, 2.75) is 32.2 Å². The van der Waals surface area contributed by atoms with Crippen LogP contribution in [0.4, 0.5) is 0 Å². The molecular formula is C7H12O3. The topological polar surface area (TPSA) is 35.5 Å². The van der Waals surface area contributed by atoms with Crippen molar-refractivity contribution in [3.05, 3.63) is 0 Å². The molecule has 2 atom stereocenters. The van der Waals surface area contributed by atoms with Crippen LogP contribution in [0.1, 0.15) is 19.8 Å². The molecule has 0 amide bonds. The Hall–Kier alpha value is -0.410. The summed E-state index contributed by atoms with van der Waals surface area (Å²) in [5.41, 5.74) is 0. The summed E-state index contributed by atoms with van der Waals surface area (Å²) < 4.78 is 10.1. The maximum atomic E-state index is 10.7. The van der Waals surface area contributed by atoms with Crippen LogP contribution in [0.2, 0.25) is 0 Å².